The number of hydrogen-bond acceptors (Lipinski definition) is 6. The summed E-state index contributed by atoms with van der Waals surface area (Å²) in [5, 5.41) is 7.08. The van der Waals surface area contributed by atoms with Crippen LogP contribution in [0.1, 0.15) is 23.4 Å². The van der Waals surface area contributed by atoms with E-state index in [0.29, 0.717) is 12.3 Å². The van der Waals surface area contributed by atoms with Gasteiger partial charge in [-0.25, -0.2) is 0 Å². The van der Waals surface area contributed by atoms with Crippen LogP contribution < -0.4 is 14.8 Å². The van der Waals surface area contributed by atoms with Gasteiger partial charge in [0.15, 0.2) is 0 Å². The van der Waals surface area contributed by atoms with Crippen LogP contribution in [-0.4, -0.2) is 49.3 Å². The molecule has 2 heterocycles. The first-order valence-corrected chi connectivity index (χ1v) is 10.9. The van der Waals surface area contributed by atoms with Crippen molar-refractivity contribution in [2.45, 2.75) is 26.7 Å². The minimum absolute atomic E-state index is 0.102. The number of ether oxygens (including phenoxy) is 2. The van der Waals surface area contributed by atoms with E-state index >= 15 is 0 Å². The van der Waals surface area contributed by atoms with Gasteiger partial charge in [0.2, 0.25) is 5.91 Å². The molecule has 1 aliphatic heterocycles. The molecule has 2 aromatic carbocycles. The number of nitrogens with one attached hydrogen (secondary N) is 1. The molecule has 1 aromatic heterocycles. The number of methoxy groups -OCH3 is 1. The van der Waals surface area contributed by atoms with E-state index in [4.69, 9.17) is 14.0 Å². The largest absolute Gasteiger partial charge is 0.497 e. The van der Waals surface area contributed by atoms with Crippen molar-refractivity contribution >= 4 is 11.6 Å². The topological polar surface area (TPSA) is 76.8 Å². The van der Waals surface area contributed by atoms with Crippen LogP contribution in [-0.2, 0) is 11.2 Å². The molecule has 1 saturated heterocycles. The molecule has 0 atom stereocenters. The lowest BCUT2D eigenvalue weighted by Crippen LogP contribution is -2.39. The molecule has 0 unspecified atom stereocenters. The Balaban J connectivity index is 1.52. The molecule has 0 bridgehead atoms. The normalized spacial score (nSPS) is 13.5. The third-order valence-corrected chi connectivity index (χ3v) is 5.68. The van der Waals surface area contributed by atoms with Gasteiger partial charge in [-0.1, -0.05) is 17.3 Å². The van der Waals surface area contributed by atoms with Gasteiger partial charge in [-0.2, -0.15) is 0 Å². The highest BCUT2D eigenvalue weighted by Gasteiger charge is 2.19. The van der Waals surface area contributed by atoms with Crippen LogP contribution in [0.15, 0.2) is 47.0 Å². The maximum absolute atomic E-state index is 12.7. The highest BCUT2D eigenvalue weighted by Crippen LogP contribution is 2.36. The van der Waals surface area contributed by atoms with E-state index in [1.54, 1.807) is 7.11 Å². The Kier molecular flexibility index (Phi) is 6.75. The molecule has 0 radical (unpaired) electrons. The first-order chi connectivity index (χ1) is 15.5. The maximum Gasteiger partial charge on any atom is 0.228 e. The van der Waals surface area contributed by atoms with Gasteiger partial charge in [-0.05, 0) is 69.3 Å². The zero-order chi connectivity index (χ0) is 22.5. The fourth-order valence-electron chi connectivity index (χ4n) is 3.86. The van der Waals surface area contributed by atoms with E-state index in [2.05, 4.69) is 15.4 Å². The Morgan fingerprint density at radius 2 is 2.03 bits per heavy atom. The third kappa shape index (κ3) is 5.11. The van der Waals surface area contributed by atoms with Crippen LogP contribution >= 0.6 is 0 Å². The van der Waals surface area contributed by atoms with Crippen molar-refractivity contribution in [1.82, 2.24) is 10.1 Å². The molecule has 3 aromatic rings. The number of amides is 1. The molecule has 0 saturated carbocycles. The summed E-state index contributed by atoms with van der Waals surface area (Å²) in [4.78, 5) is 15.0. The minimum Gasteiger partial charge on any atom is -0.497 e. The lowest BCUT2D eigenvalue weighted by atomic mass is 10.0. The summed E-state index contributed by atoms with van der Waals surface area (Å²) in [5.41, 5.74) is 4.13. The molecular weight excluding hydrogens is 406 g/mol. The number of benzene rings is 2. The molecule has 1 N–H and O–H groups in total. The molecular formula is C25H29N3O4. The number of nitrogens with zero attached hydrogens (tertiary/aromatic N) is 2. The third-order valence-electron chi connectivity index (χ3n) is 5.68. The summed E-state index contributed by atoms with van der Waals surface area (Å²) in [7, 11) is 1.61. The predicted molar refractivity (Wildman–Crippen MR) is 123 cm³/mol. The number of carbonyl (C=O) groups is 1. The van der Waals surface area contributed by atoms with Gasteiger partial charge in [-0.3, -0.25) is 9.69 Å². The summed E-state index contributed by atoms with van der Waals surface area (Å²) in [5.74, 6) is 2.10. The Morgan fingerprint density at radius 3 is 2.72 bits per heavy atom. The fraction of sp³-hybridized carbons (Fsp3) is 0.360. The zero-order valence-corrected chi connectivity index (χ0v) is 18.8. The molecule has 0 aliphatic carbocycles. The second-order valence-corrected chi connectivity index (χ2v) is 8.03. The van der Waals surface area contributed by atoms with Gasteiger partial charge < -0.3 is 19.3 Å². The number of anilines is 1. The van der Waals surface area contributed by atoms with E-state index in [9.17, 15) is 4.79 Å². The number of likely N-dealkylation sites (tertiary alicyclic amines) is 1. The molecule has 1 fully saturated rings. The number of hydrogen-bond donors (Lipinski definition) is 1. The Bertz CT molecular complexity index is 1070. The SMILES string of the molecule is COc1cccc(CC(=O)Nc2ccc(OCCN3CCC3)c(-c3c(C)noc3C)c2)c1. The van der Waals surface area contributed by atoms with E-state index in [-0.39, 0.29) is 12.3 Å². The van der Waals surface area contributed by atoms with Gasteiger partial charge in [0, 0.05) is 17.8 Å². The Hall–Kier alpha value is -3.32. The number of carbonyl (C=O) groups excluding carboxylic acids is 1. The summed E-state index contributed by atoms with van der Waals surface area (Å²) in [6.45, 7) is 7.58. The number of aryl methyl sites for hydroxylation is 2. The first kappa shape index (κ1) is 21.9. The maximum atomic E-state index is 12.7. The molecule has 168 valence electrons. The van der Waals surface area contributed by atoms with Gasteiger partial charge in [-0.15, -0.1) is 0 Å². The minimum atomic E-state index is -0.102. The van der Waals surface area contributed by atoms with Crippen LogP contribution in [0.3, 0.4) is 0 Å². The number of rotatable bonds is 9. The molecule has 7 nitrogen and oxygen atoms in total. The molecule has 1 amide bonds. The first-order valence-electron chi connectivity index (χ1n) is 10.9. The van der Waals surface area contributed by atoms with Crippen LogP contribution in [0.5, 0.6) is 11.5 Å². The van der Waals surface area contributed by atoms with Crippen molar-refractivity contribution < 1.29 is 18.8 Å². The molecule has 7 heteroatoms. The van der Waals surface area contributed by atoms with Crippen LogP contribution in [0, 0.1) is 13.8 Å². The molecule has 1 aliphatic rings. The smallest absolute Gasteiger partial charge is 0.228 e. The van der Waals surface area contributed by atoms with Crippen LogP contribution in [0.4, 0.5) is 5.69 Å². The Labute approximate surface area is 188 Å². The second-order valence-electron chi connectivity index (χ2n) is 8.03. The van der Waals surface area contributed by atoms with Gasteiger partial charge in [0.05, 0.1) is 24.8 Å². The molecule has 32 heavy (non-hydrogen) atoms. The van der Waals surface area contributed by atoms with Crippen molar-refractivity contribution in [3.05, 3.63) is 59.5 Å². The summed E-state index contributed by atoms with van der Waals surface area (Å²) in [6.07, 6.45) is 1.51. The van der Waals surface area contributed by atoms with E-state index in [1.165, 1.54) is 6.42 Å². The summed E-state index contributed by atoms with van der Waals surface area (Å²) >= 11 is 0. The quantitative estimate of drug-likeness (QED) is 0.542. The summed E-state index contributed by atoms with van der Waals surface area (Å²) in [6, 6.07) is 13.2. The highest BCUT2D eigenvalue weighted by molar-refractivity contribution is 5.93. The highest BCUT2D eigenvalue weighted by atomic mass is 16.5. The van der Waals surface area contributed by atoms with Crippen LogP contribution in [0.2, 0.25) is 0 Å². The predicted octanol–water partition coefficient (Wildman–Crippen LogP) is 4.23. The lowest BCUT2D eigenvalue weighted by Gasteiger charge is -2.30. The van der Waals surface area contributed by atoms with Crippen molar-refractivity contribution in [3.63, 3.8) is 0 Å². The standard InChI is InChI=1S/C25H29N3O4/c1-17-25(18(2)32-27-17)22-16-20(8-9-23(22)31-13-12-28-10-5-11-28)26-24(29)15-19-6-4-7-21(14-19)30-3/h4,6-9,14,16H,5,10-13,15H2,1-3H3,(H,26,29). The van der Waals surface area contributed by atoms with Gasteiger partial charge in [0.25, 0.3) is 0 Å². The van der Waals surface area contributed by atoms with E-state index in [1.807, 2.05) is 56.3 Å². The average molecular weight is 436 g/mol. The number of aromatic nitrogens is 1. The van der Waals surface area contributed by atoms with Crippen molar-refractivity contribution in [2.75, 3.05) is 38.7 Å². The fourth-order valence-corrected chi connectivity index (χ4v) is 3.86. The second kappa shape index (κ2) is 9.87. The monoisotopic (exact) mass is 435 g/mol. The van der Waals surface area contributed by atoms with Gasteiger partial charge >= 0.3 is 0 Å². The molecule has 4 rings (SSSR count). The van der Waals surface area contributed by atoms with E-state index in [0.717, 1.165) is 59.3 Å². The van der Waals surface area contributed by atoms with Crippen molar-refractivity contribution in [3.8, 4) is 22.6 Å². The lowest BCUT2D eigenvalue weighted by molar-refractivity contribution is -0.115. The summed E-state index contributed by atoms with van der Waals surface area (Å²) < 4.78 is 16.7. The van der Waals surface area contributed by atoms with Crippen molar-refractivity contribution in [2.24, 2.45) is 0 Å². The average Bonchev–Trinajstić information content (AvgIpc) is 3.08. The Morgan fingerprint density at radius 1 is 1.19 bits per heavy atom. The molecule has 0 spiro atoms. The zero-order valence-electron chi connectivity index (χ0n) is 18.8. The van der Waals surface area contributed by atoms with Crippen molar-refractivity contribution in [1.29, 1.82) is 0 Å². The van der Waals surface area contributed by atoms with Crippen LogP contribution in [0.25, 0.3) is 11.1 Å². The van der Waals surface area contributed by atoms with Gasteiger partial charge in [0.1, 0.15) is 23.9 Å². The van der Waals surface area contributed by atoms with E-state index < -0.39 is 0 Å².